The number of hydrogen-bond donors (Lipinski definition) is 2. The van der Waals surface area contributed by atoms with Crippen LogP contribution in [0.4, 0.5) is 0 Å². The molecule has 1 unspecified atom stereocenters. The minimum atomic E-state index is -0.0693. The van der Waals surface area contributed by atoms with Crippen LogP contribution in [0, 0.1) is 5.41 Å². The Kier molecular flexibility index (Phi) is 2.81. The van der Waals surface area contributed by atoms with E-state index in [4.69, 9.17) is 0 Å². The zero-order valence-electron chi connectivity index (χ0n) is 11.4. The van der Waals surface area contributed by atoms with Crippen LogP contribution in [0.25, 0.3) is 10.9 Å². The molecule has 4 heteroatoms. The average Bonchev–Trinajstić information content (AvgIpc) is 2.92. The Hall–Kier alpha value is -1.84. The van der Waals surface area contributed by atoms with Crippen LogP contribution >= 0.6 is 0 Å². The number of hydrogen-bond acceptors (Lipinski definition) is 2. The number of para-hydroxylation sites is 1. The van der Waals surface area contributed by atoms with E-state index in [2.05, 4.69) is 29.4 Å². The van der Waals surface area contributed by atoms with E-state index in [0.29, 0.717) is 11.1 Å². The van der Waals surface area contributed by atoms with Crippen LogP contribution in [0.3, 0.4) is 0 Å². The van der Waals surface area contributed by atoms with Gasteiger partial charge in [-0.3, -0.25) is 9.89 Å². The van der Waals surface area contributed by atoms with Gasteiger partial charge in [0.15, 0.2) is 5.69 Å². The van der Waals surface area contributed by atoms with Crippen molar-refractivity contribution in [3.8, 4) is 0 Å². The van der Waals surface area contributed by atoms with Gasteiger partial charge < -0.3 is 5.32 Å². The summed E-state index contributed by atoms with van der Waals surface area (Å²) >= 11 is 0. The highest BCUT2D eigenvalue weighted by Crippen LogP contribution is 2.37. The first-order valence-corrected chi connectivity index (χ1v) is 6.79. The summed E-state index contributed by atoms with van der Waals surface area (Å²) in [5.74, 6) is -0.0693. The van der Waals surface area contributed by atoms with Crippen LogP contribution in [-0.2, 0) is 0 Å². The SMILES string of the molecule is CC1(C)CCC(NC(=O)c2n[nH]c3ccccc23)C1. The molecule has 0 spiro atoms. The van der Waals surface area contributed by atoms with Crippen LogP contribution in [-0.4, -0.2) is 22.1 Å². The number of amides is 1. The average molecular weight is 257 g/mol. The molecule has 3 rings (SSSR count). The summed E-state index contributed by atoms with van der Waals surface area (Å²) in [5.41, 5.74) is 1.74. The number of aromatic nitrogens is 2. The molecule has 0 saturated heterocycles. The smallest absolute Gasteiger partial charge is 0.272 e. The lowest BCUT2D eigenvalue weighted by Crippen LogP contribution is -2.33. The van der Waals surface area contributed by atoms with Gasteiger partial charge in [-0.1, -0.05) is 32.0 Å². The van der Waals surface area contributed by atoms with Crippen molar-refractivity contribution in [1.82, 2.24) is 15.5 Å². The third kappa shape index (κ3) is 2.35. The molecule has 1 aromatic heterocycles. The van der Waals surface area contributed by atoms with Gasteiger partial charge in [-0.25, -0.2) is 0 Å². The molecule has 1 aliphatic carbocycles. The molecule has 19 heavy (non-hydrogen) atoms. The molecule has 1 heterocycles. The maximum Gasteiger partial charge on any atom is 0.272 e. The van der Waals surface area contributed by atoms with Crippen LogP contribution in [0.15, 0.2) is 24.3 Å². The predicted molar refractivity (Wildman–Crippen MR) is 75.0 cm³/mol. The highest BCUT2D eigenvalue weighted by atomic mass is 16.2. The van der Waals surface area contributed by atoms with Gasteiger partial charge in [-0.2, -0.15) is 5.10 Å². The maximum atomic E-state index is 12.3. The molecule has 1 saturated carbocycles. The Labute approximate surface area is 112 Å². The van der Waals surface area contributed by atoms with Gasteiger partial charge in [0.05, 0.1) is 5.52 Å². The summed E-state index contributed by atoms with van der Waals surface area (Å²) in [6.45, 7) is 4.51. The number of rotatable bonds is 2. The number of carbonyl (C=O) groups excluding carboxylic acids is 1. The van der Waals surface area contributed by atoms with Crippen molar-refractivity contribution in [1.29, 1.82) is 0 Å². The molecule has 4 nitrogen and oxygen atoms in total. The largest absolute Gasteiger partial charge is 0.348 e. The fourth-order valence-electron chi connectivity index (χ4n) is 2.95. The van der Waals surface area contributed by atoms with Gasteiger partial charge in [-0.15, -0.1) is 0 Å². The van der Waals surface area contributed by atoms with Crippen molar-refractivity contribution in [2.24, 2.45) is 5.41 Å². The molecule has 0 radical (unpaired) electrons. The Morgan fingerprint density at radius 1 is 1.42 bits per heavy atom. The van der Waals surface area contributed by atoms with Crippen molar-refractivity contribution in [2.75, 3.05) is 0 Å². The number of nitrogens with one attached hydrogen (secondary N) is 2. The summed E-state index contributed by atoms with van der Waals surface area (Å²) in [6, 6.07) is 7.98. The Balaban J connectivity index is 1.78. The summed E-state index contributed by atoms with van der Waals surface area (Å²) < 4.78 is 0. The number of nitrogens with zero attached hydrogens (tertiary/aromatic N) is 1. The van der Waals surface area contributed by atoms with Gasteiger partial charge in [-0.05, 0) is 30.7 Å². The molecular formula is C15H19N3O. The van der Waals surface area contributed by atoms with Gasteiger partial charge in [0, 0.05) is 11.4 Å². The second-order valence-electron chi connectivity index (χ2n) is 6.20. The van der Waals surface area contributed by atoms with Crippen molar-refractivity contribution in [2.45, 2.75) is 39.2 Å². The molecule has 0 aliphatic heterocycles. The maximum absolute atomic E-state index is 12.3. The molecule has 0 bridgehead atoms. The number of H-pyrrole nitrogens is 1. The molecule has 1 atom stereocenters. The van der Waals surface area contributed by atoms with Gasteiger partial charge in [0.25, 0.3) is 5.91 Å². The van der Waals surface area contributed by atoms with E-state index in [0.717, 1.165) is 23.7 Å². The fourth-order valence-corrected chi connectivity index (χ4v) is 2.95. The fraction of sp³-hybridized carbons (Fsp3) is 0.467. The number of fused-ring (bicyclic) bond motifs is 1. The van der Waals surface area contributed by atoms with E-state index < -0.39 is 0 Å². The van der Waals surface area contributed by atoms with Gasteiger partial charge in [0.2, 0.25) is 0 Å². The topological polar surface area (TPSA) is 57.8 Å². The third-order valence-electron chi connectivity index (χ3n) is 3.99. The van der Waals surface area contributed by atoms with Crippen LogP contribution in [0.5, 0.6) is 0 Å². The molecular weight excluding hydrogens is 238 g/mol. The van der Waals surface area contributed by atoms with E-state index in [-0.39, 0.29) is 11.9 Å². The lowest BCUT2D eigenvalue weighted by Gasteiger charge is -2.17. The van der Waals surface area contributed by atoms with E-state index in [1.54, 1.807) is 0 Å². The second-order valence-corrected chi connectivity index (χ2v) is 6.20. The Bertz CT molecular complexity index is 615. The summed E-state index contributed by atoms with van der Waals surface area (Å²) in [5, 5.41) is 11.0. The highest BCUT2D eigenvalue weighted by molar-refractivity contribution is 6.04. The lowest BCUT2D eigenvalue weighted by atomic mass is 9.92. The standard InChI is InChI=1S/C15H19N3O/c1-15(2)8-7-10(9-15)16-14(19)13-11-5-3-4-6-12(11)17-18-13/h3-6,10H,7-9H2,1-2H3,(H,16,19)(H,17,18). The van der Waals surface area contributed by atoms with E-state index in [1.807, 2.05) is 24.3 Å². The Morgan fingerprint density at radius 3 is 2.95 bits per heavy atom. The first-order valence-electron chi connectivity index (χ1n) is 6.79. The summed E-state index contributed by atoms with van der Waals surface area (Å²) in [7, 11) is 0. The van der Waals surface area contributed by atoms with E-state index in [9.17, 15) is 4.79 Å². The van der Waals surface area contributed by atoms with Crippen LogP contribution in [0.2, 0.25) is 0 Å². The van der Waals surface area contributed by atoms with Crippen molar-refractivity contribution < 1.29 is 4.79 Å². The molecule has 2 N–H and O–H groups in total. The van der Waals surface area contributed by atoms with Crippen molar-refractivity contribution in [3.05, 3.63) is 30.0 Å². The van der Waals surface area contributed by atoms with Gasteiger partial charge in [0.1, 0.15) is 0 Å². The van der Waals surface area contributed by atoms with Crippen LogP contribution in [0.1, 0.15) is 43.6 Å². The van der Waals surface area contributed by atoms with Crippen molar-refractivity contribution in [3.63, 3.8) is 0 Å². The summed E-state index contributed by atoms with van der Waals surface area (Å²) in [4.78, 5) is 12.3. The number of benzene rings is 1. The second kappa shape index (κ2) is 4.37. The zero-order chi connectivity index (χ0) is 13.5. The minimum Gasteiger partial charge on any atom is -0.348 e. The molecule has 1 aromatic carbocycles. The minimum absolute atomic E-state index is 0.0693. The van der Waals surface area contributed by atoms with E-state index in [1.165, 1.54) is 6.42 Å². The number of carbonyl (C=O) groups is 1. The third-order valence-corrected chi connectivity index (χ3v) is 3.99. The molecule has 1 aliphatic rings. The number of aromatic amines is 1. The first-order chi connectivity index (χ1) is 9.05. The van der Waals surface area contributed by atoms with Crippen molar-refractivity contribution >= 4 is 16.8 Å². The molecule has 1 fully saturated rings. The Morgan fingerprint density at radius 2 is 2.21 bits per heavy atom. The monoisotopic (exact) mass is 257 g/mol. The molecule has 100 valence electrons. The first kappa shape index (κ1) is 12.2. The van der Waals surface area contributed by atoms with Crippen LogP contribution < -0.4 is 5.32 Å². The normalized spacial score (nSPS) is 21.7. The zero-order valence-corrected chi connectivity index (χ0v) is 11.4. The highest BCUT2D eigenvalue weighted by Gasteiger charge is 2.32. The lowest BCUT2D eigenvalue weighted by molar-refractivity contribution is 0.0932. The molecule has 2 aromatic rings. The predicted octanol–water partition coefficient (Wildman–Crippen LogP) is 2.87. The van der Waals surface area contributed by atoms with Gasteiger partial charge >= 0.3 is 0 Å². The quantitative estimate of drug-likeness (QED) is 0.869. The van der Waals surface area contributed by atoms with E-state index >= 15 is 0 Å². The summed E-state index contributed by atoms with van der Waals surface area (Å²) in [6.07, 6.45) is 3.27. The molecule has 1 amide bonds.